The minimum Gasteiger partial charge on any atom is -0.497 e. The minimum absolute atomic E-state index is 0.248. The number of carboxylic acid groups (broad SMARTS) is 2. The maximum atomic E-state index is 11.2. The van der Waals surface area contributed by atoms with Crippen LogP contribution in [-0.4, -0.2) is 84.2 Å². The smallest absolute Gasteiger partial charge is 0.490 e. The second-order valence-electron chi connectivity index (χ2n) is 9.75. The zero-order chi connectivity index (χ0) is 31.7. The molecule has 14 heteroatoms. The monoisotopic (exact) mass is 616 g/mol. The first-order valence-corrected chi connectivity index (χ1v) is 13.5. The van der Waals surface area contributed by atoms with E-state index in [9.17, 15) is 23.1 Å². The number of fused-ring (bicyclic) bond motifs is 1. The van der Waals surface area contributed by atoms with Crippen molar-refractivity contribution in [2.24, 2.45) is 4.99 Å². The summed E-state index contributed by atoms with van der Waals surface area (Å²) in [6.07, 6.45) is -5.08. The van der Waals surface area contributed by atoms with Gasteiger partial charge in [-0.1, -0.05) is 18.2 Å². The maximum absolute atomic E-state index is 11.2. The molecular formula is C30H31F3N4O7. The van der Waals surface area contributed by atoms with Crippen molar-refractivity contribution < 1.29 is 47.2 Å². The summed E-state index contributed by atoms with van der Waals surface area (Å²) in [5.74, 6) is -0.545. The quantitative estimate of drug-likeness (QED) is 0.257. The van der Waals surface area contributed by atoms with E-state index in [-0.39, 0.29) is 12.4 Å². The minimum atomic E-state index is -5.08. The van der Waals surface area contributed by atoms with Gasteiger partial charge in [0.15, 0.2) is 17.5 Å². The number of aliphatic carboxylic acids is 1. The van der Waals surface area contributed by atoms with Crippen LogP contribution < -0.4 is 19.5 Å². The van der Waals surface area contributed by atoms with Gasteiger partial charge in [0, 0.05) is 38.4 Å². The van der Waals surface area contributed by atoms with Crippen molar-refractivity contribution in [3.8, 4) is 17.2 Å². The molecule has 0 saturated carbocycles. The normalized spacial score (nSPS) is 14.8. The standard InChI is InChI=1S/C28H30N4O5.C2HF3O2/c1-35-24-4-2-3-20(15-24)17-29-28(30-23-8-6-22(7-9-23)27(33)34)32-13-11-31(12-14-32)18-21-5-10-25-26(16-21)37-19-36-25;3-2(4,5)1(6)7/h2-10,15-16H,11-14,17-19H2,1H3,(H,29,30)(H,33,34);(H,6,7). The Labute approximate surface area is 251 Å². The second-order valence-corrected chi connectivity index (χ2v) is 9.75. The van der Waals surface area contributed by atoms with Crippen molar-refractivity contribution in [1.82, 2.24) is 9.80 Å². The third kappa shape index (κ3) is 9.01. The van der Waals surface area contributed by atoms with Crippen molar-refractivity contribution in [3.05, 3.63) is 83.4 Å². The van der Waals surface area contributed by atoms with Crippen LogP contribution in [0.25, 0.3) is 0 Å². The molecule has 0 amide bonds. The number of rotatable bonds is 7. The molecule has 0 aliphatic carbocycles. The van der Waals surface area contributed by atoms with Gasteiger partial charge in [-0.2, -0.15) is 13.2 Å². The highest BCUT2D eigenvalue weighted by Crippen LogP contribution is 2.33. The van der Waals surface area contributed by atoms with Crippen molar-refractivity contribution >= 4 is 23.6 Å². The number of carbonyl (C=O) groups is 2. The van der Waals surface area contributed by atoms with Crippen molar-refractivity contribution in [2.45, 2.75) is 19.3 Å². The Hall–Kier alpha value is -4.98. The van der Waals surface area contributed by atoms with Crippen LogP contribution in [0.3, 0.4) is 0 Å². The van der Waals surface area contributed by atoms with Gasteiger partial charge in [-0.25, -0.2) is 14.6 Å². The molecule has 11 nitrogen and oxygen atoms in total. The van der Waals surface area contributed by atoms with Crippen LogP contribution in [0.2, 0.25) is 0 Å². The van der Waals surface area contributed by atoms with Gasteiger partial charge in [-0.15, -0.1) is 0 Å². The number of hydrogen-bond donors (Lipinski definition) is 3. The summed E-state index contributed by atoms with van der Waals surface area (Å²) >= 11 is 0. The number of benzene rings is 3. The number of alkyl halides is 3. The molecule has 2 aliphatic heterocycles. The van der Waals surface area contributed by atoms with Crippen molar-refractivity contribution in [1.29, 1.82) is 0 Å². The van der Waals surface area contributed by atoms with Crippen molar-refractivity contribution in [3.63, 3.8) is 0 Å². The molecule has 3 aromatic rings. The third-order valence-electron chi connectivity index (χ3n) is 6.69. The Morgan fingerprint density at radius 2 is 1.61 bits per heavy atom. The summed E-state index contributed by atoms with van der Waals surface area (Å²) in [6.45, 7) is 4.98. The van der Waals surface area contributed by atoms with E-state index in [1.54, 1.807) is 31.4 Å². The van der Waals surface area contributed by atoms with Crippen LogP contribution in [0.15, 0.2) is 71.7 Å². The highest BCUT2D eigenvalue weighted by atomic mass is 19.4. The van der Waals surface area contributed by atoms with E-state index in [0.717, 1.165) is 67.2 Å². The third-order valence-corrected chi connectivity index (χ3v) is 6.69. The van der Waals surface area contributed by atoms with E-state index < -0.39 is 18.1 Å². The molecule has 0 radical (unpaired) electrons. The van der Waals surface area contributed by atoms with Gasteiger partial charge in [0.05, 0.1) is 19.2 Å². The molecule has 0 atom stereocenters. The predicted molar refractivity (Wildman–Crippen MR) is 154 cm³/mol. The van der Waals surface area contributed by atoms with Crippen LogP contribution >= 0.6 is 0 Å². The molecule has 234 valence electrons. The number of aliphatic imine (C=N–C) groups is 1. The zero-order valence-corrected chi connectivity index (χ0v) is 23.7. The van der Waals surface area contributed by atoms with Gasteiger partial charge in [0.2, 0.25) is 6.79 Å². The van der Waals surface area contributed by atoms with Gasteiger partial charge in [-0.3, -0.25) is 4.90 Å². The molecule has 5 rings (SSSR count). The van der Waals surface area contributed by atoms with E-state index >= 15 is 0 Å². The fraction of sp³-hybridized carbons (Fsp3) is 0.300. The number of carboxylic acids is 2. The number of anilines is 1. The summed E-state index contributed by atoms with van der Waals surface area (Å²) in [5, 5.41) is 19.7. The van der Waals surface area contributed by atoms with E-state index in [2.05, 4.69) is 27.2 Å². The number of halogens is 3. The molecule has 44 heavy (non-hydrogen) atoms. The highest BCUT2D eigenvalue weighted by Gasteiger charge is 2.38. The van der Waals surface area contributed by atoms with Crippen LogP contribution in [-0.2, 0) is 17.9 Å². The SMILES string of the molecule is COc1cccc(CN=C(Nc2ccc(C(=O)O)cc2)N2CCN(Cc3ccc4c(c3)OCO4)CC2)c1.O=C(O)C(F)(F)F. The Kier molecular flexibility index (Phi) is 10.5. The molecular weight excluding hydrogens is 585 g/mol. The Morgan fingerprint density at radius 1 is 0.932 bits per heavy atom. The number of hydrogen-bond acceptors (Lipinski definition) is 7. The topological polar surface area (TPSA) is 133 Å². The lowest BCUT2D eigenvalue weighted by atomic mass is 10.1. The first-order chi connectivity index (χ1) is 21.0. The molecule has 0 unspecified atom stereocenters. The lowest BCUT2D eigenvalue weighted by Crippen LogP contribution is -2.50. The van der Waals surface area contributed by atoms with Gasteiger partial charge >= 0.3 is 18.1 Å². The summed E-state index contributed by atoms with van der Waals surface area (Å²) in [4.78, 5) is 29.7. The lowest BCUT2D eigenvalue weighted by molar-refractivity contribution is -0.192. The number of nitrogens with one attached hydrogen (secondary N) is 1. The molecule has 0 bridgehead atoms. The molecule has 3 N–H and O–H groups in total. The van der Waals surface area contributed by atoms with Crippen LogP contribution in [0.5, 0.6) is 17.2 Å². The number of aromatic carboxylic acids is 1. The maximum Gasteiger partial charge on any atom is 0.490 e. The number of piperazine rings is 1. The van der Waals surface area contributed by atoms with E-state index in [0.29, 0.717) is 6.54 Å². The van der Waals surface area contributed by atoms with E-state index in [1.807, 2.05) is 30.3 Å². The Balaban J connectivity index is 0.000000566. The molecule has 1 saturated heterocycles. The average molecular weight is 617 g/mol. The number of nitrogens with zero attached hydrogens (tertiary/aromatic N) is 3. The molecule has 1 fully saturated rings. The van der Waals surface area contributed by atoms with Crippen LogP contribution in [0.4, 0.5) is 18.9 Å². The first-order valence-electron chi connectivity index (χ1n) is 13.5. The van der Waals surface area contributed by atoms with Crippen LogP contribution in [0.1, 0.15) is 21.5 Å². The predicted octanol–water partition coefficient (Wildman–Crippen LogP) is 4.54. The summed E-state index contributed by atoms with van der Waals surface area (Å²) in [7, 11) is 1.65. The van der Waals surface area contributed by atoms with Gasteiger partial charge in [0.1, 0.15) is 5.75 Å². The van der Waals surface area contributed by atoms with E-state index in [1.165, 1.54) is 5.56 Å². The summed E-state index contributed by atoms with van der Waals surface area (Å²) in [6, 6.07) is 20.7. The van der Waals surface area contributed by atoms with Crippen molar-refractivity contribution in [2.75, 3.05) is 45.4 Å². The fourth-order valence-corrected chi connectivity index (χ4v) is 4.40. The fourth-order valence-electron chi connectivity index (χ4n) is 4.40. The summed E-state index contributed by atoms with van der Waals surface area (Å²) in [5.41, 5.74) is 3.28. The van der Waals surface area contributed by atoms with Gasteiger partial charge in [0.25, 0.3) is 0 Å². The first kappa shape index (κ1) is 31.9. The highest BCUT2D eigenvalue weighted by molar-refractivity contribution is 5.94. The lowest BCUT2D eigenvalue weighted by Gasteiger charge is -2.36. The molecule has 0 aromatic heterocycles. The molecule has 0 spiro atoms. The summed E-state index contributed by atoms with van der Waals surface area (Å²) < 4.78 is 48.0. The second kappa shape index (κ2) is 14.5. The van der Waals surface area contributed by atoms with E-state index in [4.69, 9.17) is 29.1 Å². The van der Waals surface area contributed by atoms with Crippen LogP contribution in [0, 0.1) is 0 Å². The number of guanidine groups is 1. The zero-order valence-electron chi connectivity index (χ0n) is 23.7. The largest absolute Gasteiger partial charge is 0.497 e. The molecule has 2 aliphatic rings. The Bertz CT molecular complexity index is 1470. The average Bonchev–Trinajstić information content (AvgIpc) is 3.48. The number of ether oxygens (including phenoxy) is 3. The number of methoxy groups -OCH3 is 1. The molecule has 3 aromatic carbocycles. The molecule has 2 heterocycles. The van der Waals surface area contributed by atoms with Gasteiger partial charge in [-0.05, 0) is 59.7 Å². The van der Waals surface area contributed by atoms with Gasteiger partial charge < -0.3 is 34.6 Å². The Morgan fingerprint density at radius 3 is 2.25 bits per heavy atom.